The van der Waals surface area contributed by atoms with E-state index in [2.05, 4.69) is 14.7 Å². The molecule has 0 spiro atoms. The first kappa shape index (κ1) is 19.6. The Bertz CT molecular complexity index is 884. The number of hydrogen-bond donors (Lipinski definition) is 2. The lowest BCUT2D eigenvalue weighted by molar-refractivity contribution is 0.0169. The summed E-state index contributed by atoms with van der Waals surface area (Å²) in [4.78, 5) is 20.9. The van der Waals surface area contributed by atoms with Crippen LogP contribution in [0.4, 0.5) is 4.79 Å². The average Bonchev–Trinajstić information content (AvgIpc) is 3.04. The van der Waals surface area contributed by atoms with Crippen LogP contribution >= 0.6 is 0 Å². The largest absolute Gasteiger partial charge is 0.444 e. The molecule has 2 heterocycles. The summed E-state index contributed by atoms with van der Waals surface area (Å²) in [7, 11) is -3.74. The summed E-state index contributed by atoms with van der Waals surface area (Å²) < 4.78 is 33.1. The van der Waals surface area contributed by atoms with E-state index in [1.807, 2.05) is 26.8 Å². The molecule has 1 amide bonds. The van der Waals surface area contributed by atoms with Crippen molar-refractivity contribution in [3.8, 4) is 0 Å². The number of H-pyrrole nitrogens is 1. The Morgan fingerprint density at radius 1 is 1.37 bits per heavy atom. The predicted octanol–water partition coefficient (Wildman–Crippen LogP) is 2.49. The molecule has 8 nitrogen and oxygen atoms in total. The molecule has 1 aromatic carbocycles. The minimum Gasteiger partial charge on any atom is -0.444 e. The highest BCUT2D eigenvalue weighted by Crippen LogP contribution is 2.20. The van der Waals surface area contributed by atoms with Gasteiger partial charge in [-0.1, -0.05) is 12.1 Å². The lowest BCUT2D eigenvalue weighted by atomic mass is 9.99. The number of imidazole rings is 1. The number of piperidine rings is 1. The van der Waals surface area contributed by atoms with Crippen molar-refractivity contribution in [2.45, 2.75) is 44.4 Å². The van der Waals surface area contributed by atoms with Gasteiger partial charge in [0.05, 0.1) is 11.0 Å². The number of sulfonamides is 1. The molecule has 3 rings (SSSR count). The molecule has 0 radical (unpaired) electrons. The van der Waals surface area contributed by atoms with Crippen LogP contribution in [0.25, 0.3) is 11.0 Å². The van der Waals surface area contributed by atoms with Crippen LogP contribution in [0, 0.1) is 5.92 Å². The molecule has 2 aromatic rings. The van der Waals surface area contributed by atoms with Gasteiger partial charge in [-0.2, -0.15) is 0 Å². The van der Waals surface area contributed by atoms with Gasteiger partial charge in [-0.05, 0) is 51.7 Å². The number of para-hydroxylation sites is 2. The fourth-order valence-electron chi connectivity index (χ4n) is 3.08. The third kappa shape index (κ3) is 4.98. The normalized spacial score (nSPS) is 18.6. The number of likely N-dealkylation sites (tertiary alicyclic amines) is 1. The Hall–Kier alpha value is -2.13. The van der Waals surface area contributed by atoms with Crippen LogP contribution in [0.5, 0.6) is 0 Å². The minimum absolute atomic E-state index is 0.0328. The molecule has 0 saturated carbocycles. The number of fused-ring (bicyclic) bond motifs is 1. The van der Waals surface area contributed by atoms with E-state index in [1.165, 1.54) is 0 Å². The molecule has 1 atom stereocenters. The lowest BCUT2D eigenvalue weighted by Crippen LogP contribution is -2.45. The highest BCUT2D eigenvalue weighted by molar-refractivity contribution is 7.89. The van der Waals surface area contributed by atoms with Gasteiger partial charge in [-0.15, -0.1) is 0 Å². The van der Waals surface area contributed by atoms with Crippen LogP contribution in [0.2, 0.25) is 0 Å². The van der Waals surface area contributed by atoms with Gasteiger partial charge in [-0.3, -0.25) is 0 Å². The highest BCUT2D eigenvalue weighted by Gasteiger charge is 2.29. The molecular formula is C18H26N4O4S. The maximum absolute atomic E-state index is 12.5. The zero-order valence-corrected chi connectivity index (χ0v) is 16.7. The van der Waals surface area contributed by atoms with E-state index in [4.69, 9.17) is 4.74 Å². The standard InChI is InChI=1S/C18H26N4O4S/c1-18(2,3)26-17(23)22-10-6-7-13(12-22)11-19-27(24,25)16-20-14-8-4-5-9-15(14)21-16/h4-5,8-9,13,19H,6-7,10-12H2,1-3H3,(H,20,21). The number of hydrogen-bond acceptors (Lipinski definition) is 5. The number of amides is 1. The van der Waals surface area contributed by atoms with Crippen molar-refractivity contribution in [2.75, 3.05) is 19.6 Å². The number of carbonyl (C=O) groups excluding carboxylic acids is 1. The Morgan fingerprint density at radius 2 is 2.11 bits per heavy atom. The van der Waals surface area contributed by atoms with Gasteiger partial charge in [0.25, 0.3) is 10.0 Å². The van der Waals surface area contributed by atoms with Crippen LogP contribution in [-0.4, -0.2) is 54.6 Å². The van der Waals surface area contributed by atoms with E-state index in [-0.39, 0.29) is 23.7 Å². The van der Waals surface area contributed by atoms with Crippen molar-refractivity contribution in [1.82, 2.24) is 19.6 Å². The van der Waals surface area contributed by atoms with Crippen molar-refractivity contribution >= 4 is 27.1 Å². The first-order valence-electron chi connectivity index (χ1n) is 9.06. The first-order valence-corrected chi connectivity index (χ1v) is 10.5. The second-order valence-electron chi connectivity index (χ2n) is 7.85. The molecule has 1 unspecified atom stereocenters. The van der Waals surface area contributed by atoms with E-state index >= 15 is 0 Å². The first-order chi connectivity index (χ1) is 12.6. The second kappa shape index (κ2) is 7.47. The Kier molecular flexibility index (Phi) is 5.43. The van der Waals surface area contributed by atoms with E-state index in [9.17, 15) is 13.2 Å². The lowest BCUT2D eigenvalue weighted by Gasteiger charge is -2.34. The zero-order valence-electron chi connectivity index (χ0n) is 15.9. The van der Waals surface area contributed by atoms with Gasteiger partial charge in [0.15, 0.2) is 0 Å². The number of rotatable bonds is 4. The van der Waals surface area contributed by atoms with Gasteiger partial charge in [0, 0.05) is 19.6 Å². The maximum atomic E-state index is 12.5. The summed E-state index contributed by atoms with van der Waals surface area (Å²) in [6, 6.07) is 7.16. The van der Waals surface area contributed by atoms with E-state index in [0.29, 0.717) is 24.1 Å². The summed E-state index contributed by atoms with van der Waals surface area (Å²) in [5, 5.41) is -0.0940. The fourth-order valence-corrected chi connectivity index (χ4v) is 4.13. The van der Waals surface area contributed by atoms with Crippen molar-refractivity contribution in [3.05, 3.63) is 24.3 Å². The van der Waals surface area contributed by atoms with Gasteiger partial charge < -0.3 is 14.6 Å². The van der Waals surface area contributed by atoms with E-state index in [1.54, 1.807) is 23.1 Å². The molecular weight excluding hydrogens is 368 g/mol. The number of ether oxygens (including phenoxy) is 1. The van der Waals surface area contributed by atoms with Gasteiger partial charge >= 0.3 is 6.09 Å². The third-order valence-corrected chi connectivity index (χ3v) is 5.60. The third-order valence-electron chi connectivity index (χ3n) is 4.35. The molecule has 1 fully saturated rings. The van der Waals surface area contributed by atoms with Crippen molar-refractivity contribution < 1.29 is 17.9 Å². The van der Waals surface area contributed by atoms with Gasteiger partial charge in [0.1, 0.15) is 5.60 Å². The Morgan fingerprint density at radius 3 is 2.81 bits per heavy atom. The molecule has 1 aliphatic rings. The molecule has 0 aliphatic carbocycles. The quantitative estimate of drug-likeness (QED) is 0.829. The molecule has 1 saturated heterocycles. The van der Waals surface area contributed by atoms with Crippen molar-refractivity contribution in [1.29, 1.82) is 0 Å². The Labute approximate surface area is 159 Å². The van der Waals surface area contributed by atoms with Gasteiger partial charge in [-0.25, -0.2) is 22.9 Å². The highest BCUT2D eigenvalue weighted by atomic mass is 32.2. The number of benzene rings is 1. The summed E-state index contributed by atoms with van der Waals surface area (Å²) in [5.74, 6) is 0.0328. The van der Waals surface area contributed by atoms with Crippen LogP contribution < -0.4 is 4.72 Å². The summed E-state index contributed by atoms with van der Waals surface area (Å²) in [5.41, 5.74) is 0.727. The van der Waals surface area contributed by atoms with Crippen LogP contribution in [-0.2, 0) is 14.8 Å². The average molecular weight is 394 g/mol. The van der Waals surface area contributed by atoms with E-state index < -0.39 is 15.6 Å². The molecule has 9 heteroatoms. The molecule has 0 bridgehead atoms. The smallest absolute Gasteiger partial charge is 0.410 e. The summed E-state index contributed by atoms with van der Waals surface area (Å²) in [6.45, 7) is 6.83. The molecule has 148 valence electrons. The molecule has 2 N–H and O–H groups in total. The fraction of sp³-hybridized carbons (Fsp3) is 0.556. The summed E-state index contributed by atoms with van der Waals surface area (Å²) >= 11 is 0. The van der Waals surface area contributed by atoms with Gasteiger partial charge in [0.2, 0.25) is 5.16 Å². The molecule has 27 heavy (non-hydrogen) atoms. The number of aromatic amines is 1. The zero-order chi connectivity index (χ0) is 19.7. The molecule has 1 aliphatic heterocycles. The summed E-state index contributed by atoms with van der Waals surface area (Å²) in [6.07, 6.45) is 1.31. The van der Waals surface area contributed by atoms with Crippen LogP contribution in [0.15, 0.2) is 29.4 Å². The predicted molar refractivity (Wildman–Crippen MR) is 102 cm³/mol. The number of nitrogens with zero attached hydrogens (tertiary/aromatic N) is 2. The van der Waals surface area contributed by atoms with Crippen LogP contribution in [0.1, 0.15) is 33.6 Å². The monoisotopic (exact) mass is 394 g/mol. The van der Waals surface area contributed by atoms with Crippen molar-refractivity contribution in [2.24, 2.45) is 5.92 Å². The SMILES string of the molecule is CC(C)(C)OC(=O)N1CCCC(CNS(=O)(=O)c2nc3ccccc3[nH]2)C1. The number of carbonyl (C=O) groups is 1. The topological polar surface area (TPSA) is 104 Å². The maximum Gasteiger partial charge on any atom is 0.410 e. The minimum atomic E-state index is -3.74. The van der Waals surface area contributed by atoms with Crippen molar-refractivity contribution in [3.63, 3.8) is 0 Å². The Balaban J connectivity index is 1.60. The second-order valence-corrected chi connectivity index (χ2v) is 9.53. The van der Waals surface area contributed by atoms with Crippen LogP contribution in [0.3, 0.4) is 0 Å². The molecule has 1 aromatic heterocycles. The number of nitrogens with one attached hydrogen (secondary N) is 2. The number of aromatic nitrogens is 2. The van der Waals surface area contributed by atoms with E-state index in [0.717, 1.165) is 12.8 Å².